The number of rotatable bonds is 6. The Kier molecular flexibility index (Phi) is 8.23. The SMILES string of the molecule is Cc1cccc2c1CC(N1CCOc3c(F)cc(-c4nc(Nc5ccc(N6CCC(N(C)C)CC6)c(F)c5)ncc4F)cc31)CC2. The number of ether oxygens (including phenoxy) is 1. The number of hydrogen-bond acceptors (Lipinski definition) is 7. The Morgan fingerprint density at radius 1 is 0.913 bits per heavy atom. The molecule has 1 fully saturated rings. The minimum atomic E-state index is -0.682. The molecule has 0 bridgehead atoms. The third-order valence-electron chi connectivity index (χ3n) is 9.80. The summed E-state index contributed by atoms with van der Waals surface area (Å²) in [5.41, 5.74) is 5.80. The van der Waals surface area contributed by atoms with Gasteiger partial charge in [0, 0.05) is 36.4 Å². The first kappa shape index (κ1) is 30.3. The Balaban J connectivity index is 1.13. The first-order valence-electron chi connectivity index (χ1n) is 16.1. The molecule has 0 radical (unpaired) electrons. The van der Waals surface area contributed by atoms with Crippen molar-refractivity contribution < 1.29 is 17.9 Å². The summed E-state index contributed by atoms with van der Waals surface area (Å²) in [5, 5.41) is 3.00. The number of halogens is 3. The number of hydrogen-bond donors (Lipinski definition) is 1. The molecule has 1 N–H and O–H groups in total. The summed E-state index contributed by atoms with van der Waals surface area (Å²) in [6.07, 6.45) is 5.73. The van der Waals surface area contributed by atoms with E-state index in [0.717, 1.165) is 51.4 Å². The predicted octanol–water partition coefficient (Wildman–Crippen LogP) is 6.90. The van der Waals surface area contributed by atoms with E-state index in [1.54, 1.807) is 18.2 Å². The summed E-state index contributed by atoms with van der Waals surface area (Å²) >= 11 is 0. The highest BCUT2D eigenvalue weighted by atomic mass is 19.1. The van der Waals surface area contributed by atoms with Gasteiger partial charge in [-0.25, -0.2) is 23.1 Å². The van der Waals surface area contributed by atoms with Crippen LogP contribution in [0, 0.1) is 24.4 Å². The topological polar surface area (TPSA) is 56.8 Å². The lowest BCUT2D eigenvalue weighted by Gasteiger charge is -2.40. The third-order valence-corrected chi connectivity index (χ3v) is 9.80. The van der Waals surface area contributed by atoms with E-state index >= 15 is 13.2 Å². The van der Waals surface area contributed by atoms with Gasteiger partial charge in [0.15, 0.2) is 17.4 Å². The van der Waals surface area contributed by atoms with E-state index in [9.17, 15) is 0 Å². The molecule has 46 heavy (non-hydrogen) atoms. The molecular formula is C36H39F3N6O. The lowest BCUT2D eigenvalue weighted by Crippen LogP contribution is -2.44. The van der Waals surface area contributed by atoms with Crippen molar-refractivity contribution in [1.82, 2.24) is 14.9 Å². The number of nitrogens with zero attached hydrogens (tertiary/aromatic N) is 5. The van der Waals surface area contributed by atoms with Gasteiger partial charge in [-0.2, -0.15) is 0 Å². The van der Waals surface area contributed by atoms with E-state index < -0.39 is 11.6 Å². The first-order valence-corrected chi connectivity index (χ1v) is 16.1. The molecule has 3 heterocycles. The molecule has 240 valence electrons. The standard InChI is InChI=1S/C36H39F3N6O/c1-22-5-4-6-23-7-9-27(20-28(22)23)45-15-16-46-35-30(38)17-24(18-33(35)45)34-31(39)21-40-36(42-34)41-25-8-10-32(29(37)19-25)44-13-11-26(12-14-44)43(2)3/h4-6,8,10,17-19,21,26-27H,7,9,11-16,20H2,1-3H3,(H,40,41,42). The van der Waals surface area contributed by atoms with E-state index in [0.29, 0.717) is 36.3 Å². The number of fused-ring (bicyclic) bond motifs is 2. The van der Waals surface area contributed by atoms with Gasteiger partial charge in [-0.05, 0) is 100 Å². The molecule has 10 heteroatoms. The smallest absolute Gasteiger partial charge is 0.227 e. The number of anilines is 4. The van der Waals surface area contributed by atoms with Gasteiger partial charge < -0.3 is 24.8 Å². The Hall–Kier alpha value is -4.31. The minimum absolute atomic E-state index is 0.0459. The Bertz CT molecular complexity index is 1760. The van der Waals surface area contributed by atoms with E-state index in [4.69, 9.17) is 4.74 Å². The number of aromatic nitrogens is 2. The van der Waals surface area contributed by atoms with Crippen LogP contribution in [0.25, 0.3) is 11.3 Å². The van der Waals surface area contributed by atoms with Crippen LogP contribution < -0.4 is 19.9 Å². The van der Waals surface area contributed by atoms with Gasteiger partial charge in [-0.1, -0.05) is 18.2 Å². The fourth-order valence-corrected chi connectivity index (χ4v) is 7.26. The summed E-state index contributed by atoms with van der Waals surface area (Å²) in [4.78, 5) is 15.0. The molecule has 4 aromatic rings. The molecule has 7 nitrogen and oxygen atoms in total. The molecule has 7 rings (SSSR count). The quantitative estimate of drug-likeness (QED) is 0.249. The molecule has 1 saturated heterocycles. The van der Waals surface area contributed by atoms with Crippen molar-refractivity contribution in [2.75, 3.05) is 55.5 Å². The van der Waals surface area contributed by atoms with Gasteiger partial charge >= 0.3 is 0 Å². The first-order chi connectivity index (χ1) is 22.2. The zero-order valence-corrected chi connectivity index (χ0v) is 26.5. The molecule has 0 saturated carbocycles. The molecule has 1 aliphatic carbocycles. The third kappa shape index (κ3) is 5.86. The van der Waals surface area contributed by atoms with Crippen molar-refractivity contribution >= 4 is 23.0 Å². The maximum atomic E-state index is 15.6. The average molecular weight is 629 g/mol. The summed E-state index contributed by atoms with van der Waals surface area (Å²) < 4.78 is 51.8. The van der Waals surface area contributed by atoms with Crippen LogP contribution >= 0.6 is 0 Å². The fourth-order valence-electron chi connectivity index (χ4n) is 7.26. The molecule has 0 spiro atoms. The van der Waals surface area contributed by atoms with Crippen molar-refractivity contribution in [3.05, 3.63) is 88.9 Å². The number of nitrogens with one attached hydrogen (secondary N) is 1. The maximum absolute atomic E-state index is 15.6. The van der Waals surface area contributed by atoms with Crippen molar-refractivity contribution in [1.29, 1.82) is 0 Å². The minimum Gasteiger partial charge on any atom is -0.486 e. The zero-order valence-electron chi connectivity index (χ0n) is 26.5. The molecule has 3 aliphatic rings. The van der Waals surface area contributed by atoms with Crippen molar-refractivity contribution in [3.8, 4) is 17.0 Å². The number of benzene rings is 3. The van der Waals surface area contributed by atoms with Gasteiger partial charge in [0.25, 0.3) is 0 Å². The van der Waals surface area contributed by atoms with Crippen molar-refractivity contribution in [2.45, 2.75) is 51.1 Å². The Labute approximate surface area is 268 Å². The maximum Gasteiger partial charge on any atom is 0.227 e. The summed E-state index contributed by atoms with van der Waals surface area (Å²) in [6, 6.07) is 15.0. The van der Waals surface area contributed by atoms with Crippen molar-refractivity contribution in [3.63, 3.8) is 0 Å². The number of aryl methyl sites for hydroxylation is 2. The fraction of sp³-hybridized carbons (Fsp3) is 0.389. The molecular weight excluding hydrogens is 589 g/mol. The molecule has 3 aromatic carbocycles. The van der Waals surface area contributed by atoms with Crippen LogP contribution in [0.1, 0.15) is 36.0 Å². The highest BCUT2D eigenvalue weighted by molar-refractivity contribution is 5.73. The van der Waals surface area contributed by atoms with Crippen LogP contribution in [-0.2, 0) is 12.8 Å². The molecule has 0 amide bonds. The zero-order chi connectivity index (χ0) is 31.9. The molecule has 1 atom stereocenters. The number of piperidine rings is 1. The van der Waals surface area contributed by atoms with E-state index in [-0.39, 0.29) is 34.8 Å². The van der Waals surface area contributed by atoms with Gasteiger partial charge in [-0.15, -0.1) is 0 Å². The van der Waals surface area contributed by atoms with Gasteiger partial charge in [0.1, 0.15) is 18.1 Å². The van der Waals surface area contributed by atoms with Crippen LogP contribution in [0.4, 0.5) is 36.2 Å². The van der Waals surface area contributed by atoms with Crippen LogP contribution in [-0.4, -0.2) is 67.3 Å². The van der Waals surface area contributed by atoms with Crippen molar-refractivity contribution in [2.24, 2.45) is 0 Å². The second-order valence-corrected chi connectivity index (χ2v) is 12.8. The van der Waals surface area contributed by atoms with Gasteiger partial charge in [0.05, 0.1) is 24.1 Å². The van der Waals surface area contributed by atoms with Gasteiger partial charge in [-0.3, -0.25) is 0 Å². The predicted molar refractivity (Wildman–Crippen MR) is 176 cm³/mol. The average Bonchev–Trinajstić information content (AvgIpc) is 3.05. The molecule has 1 aromatic heterocycles. The van der Waals surface area contributed by atoms with E-state index in [2.05, 4.69) is 69.2 Å². The van der Waals surface area contributed by atoms with Crippen LogP contribution in [0.3, 0.4) is 0 Å². The summed E-state index contributed by atoms with van der Waals surface area (Å²) in [7, 11) is 4.15. The highest BCUT2D eigenvalue weighted by Gasteiger charge is 2.32. The Morgan fingerprint density at radius 3 is 2.52 bits per heavy atom. The molecule has 1 unspecified atom stereocenters. The van der Waals surface area contributed by atoms with Gasteiger partial charge in [0.2, 0.25) is 5.95 Å². The monoisotopic (exact) mass is 628 g/mol. The van der Waals surface area contributed by atoms with E-state index in [1.165, 1.54) is 28.8 Å². The second-order valence-electron chi connectivity index (χ2n) is 12.8. The lowest BCUT2D eigenvalue weighted by molar-refractivity contribution is 0.249. The van der Waals surface area contributed by atoms with Crippen LogP contribution in [0.15, 0.2) is 54.7 Å². The van der Waals surface area contributed by atoms with Crippen LogP contribution in [0.5, 0.6) is 5.75 Å². The summed E-state index contributed by atoms with van der Waals surface area (Å²) in [6.45, 7) is 4.68. The highest BCUT2D eigenvalue weighted by Crippen LogP contribution is 2.41. The lowest BCUT2D eigenvalue weighted by atomic mass is 9.84. The Morgan fingerprint density at radius 2 is 1.74 bits per heavy atom. The normalized spacial score (nSPS) is 18.3. The second kappa shape index (κ2) is 12.5. The van der Waals surface area contributed by atoms with Crippen LogP contribution in [0.2, 0.25) is 0 Å². The van der Waals surface area contributed by atoms with E-state index in [1.807, 2.05) is 0 Å². The summed E-state index contributed by atoms with van der Waals surface area (Å²) in [5.74, 6) is -1.34. The molecule has 2 aliphatic heterocycles. The largest absolute Gasteiger partial charge is 0.486 e.